The molecule has 1 aliphatic carbocycles. The largest absolute Gasteiger partial charge is 0.493 e. The summed E-state index contributed by atoms with van der Waals surface area (Å²) in [6.07, 6.45) is 3.04. The van der Waals surface area contributed by atoms with Gasteiger partial charge in [-0.05, 0) is 49.9 Å². The fourth-order valence-corrected chi connectivity index (χ4v) is 4.71. The Bertz CT molecular complexity index is 1030. The van der Waals surface area contributed by atoms with Crippen LogP contribution in [0.2, 0.25) is 0 Å². The fourth-order valence-electron chi connectivity index (χ4n) is 3.75. The molecule has 1 amide bonds. The van der Waals surface area contributed by atoms with Crippen molar-refractivity contribution in [1.82, 2.24) is 10.3 Å². The average Bonchev–Trinajstić information content (AvgIpc) is 3.12. The number of rotatable bonds is 6. The van der Waals surface area contributed by atoms with Gasteiger partial charge in [0.15, 0.2) is 11.5 Å². The van der Waals surface area contributed by atoms with Crippen molar-refractivity contribution in [2.75, 3.05) is 14.2 Å². The molecule has 6 heteroatoms. The van der Waals surface area contributed by atoms with E-state index in [-0.39, 0.29) is 11.4 Å². The Morgan fingerprint density at radius 3 is 2.41 bits per heavy atom. The van der Waals surface area contributed by atoms with Gasteiger partial charge in [0.2, 0.25) is 0 Å². The zero-order valence-electron chi connectivity index (χ0n) is 16.8. The zero-order chi connectivity index (χ0) is 20.4. The minimum atomic E-state index is -0.266. The van der Waals surface area contributed by atoms with Crippen LogP contribution < -0.4 is 14.8 Å². The predicted molar refractivity (Wildman–Crippen MR) is 115 cm³/mol. The lowest BCUT2D eigenvalue weighted by atomic mass is 9.72. The van der Waals surface area contributed by atoms with Crippen molar-refractivity contribution >= 4 is 17.2 Å². The van der Waals surface area contributed by atoms with Crippen molar-refractivity contribution < 1.29 is 14.3 Å². The summed E-state index contributed by atoms with van der Waals surface area (Å²) in [6.45, 7) is 1.88. The van der Waals surface area contributed by atoms with Crippen LogP contribution >= 0.6 is 11.3 Å². The molecule has 4 rings (SSSR count). The van der Waals surface area contributed by atoms with Crippen LogP contribution in [0.1, 0.15) is 40.2 Å². The Labute approximate surface area is 174 Å². The maximum atomic E-state index is 13.1. The van der Waals surface area contributed by atoms with Gasteiger partial charge in [0.05, 0.1) is 25.5 Å². The van der Waals surface area contributed by atoms with Gasteiger partial charge >= 0.3 is 0 Å². The maximum Gasteiger partial charge on any atom is 0.263 e. The van der Waals surface area contributed by atoms with E-state index in [1.807, 2.05) is 43.3 Å². The van der Waals surface area contributed by atoms with Crippen LogP contribution in [-0.4, -0.2) is 25.1 Å². The molecule has 150 valence electrons. The molecule has 3 aromatic rings. The van der Waals surface area contributed by atoms with Crippen LogP contribution in [-0.2, 0) is 5.54 Å². The lowest BCUT2D eigenvalue weighted by molar-refractivity contribution is 0.0827. The van der Waals surface area contributed by atoms with Gasteiger partial charge < -0.3 is 14.8 Å². The van der Waals surface area contributed by atoms with Crippen LogP contribution in [0.3, 0.4) is 0 Å². The SMILES string of the molecule is COc1ccc(-c2nc(C)c(C(=O)NC3(c4ccccc4)CCC3)s2)cc1OC. The number of nitrogens with zero attached hydrogens (tertiary/aromatic N) is 1. The topological polar surface area (TPSA) is 60.5 Å². The van der Waals surface area contributed by atoms with Gasteiger partial charge in [-0.1, -0.05) is 30.3 Å². The van der Waals surface area contributed by atoms with E-state index in [2.05, 4.69) is 22.4 Å². The van der Waals surface area contributed by atoms with E-state index < -0.39 is 0 Å². The molecule has 1 fully saturated rings. The molecule has 0 aliphatic heterocycles. The molecule has 1 heterocycles. The Hall–Kier alpha value is -2.86. The number of thiazole rings is 1. The molecule has 1 aliphatic rings. The predicted octanol–water partition coefficient (Wildman–Crippen LogP) is 4.94. The number of benzene rings is 2. The Kier molecular flexibility index (Phi) is 5.28. The molecule has 0 atom stereocenters. The summed E-state index contributed by atoms with van der Waals surface area (Å²) in [5.74, 6) is 1.24. The summed E-state index contributed by atoms with van der Waals surface area (Å²) in [4.78, 5) is 18.4. The number of carbonyl (C=O) groups is 1. The number of ether oxygens (including phenoxy) is 2. The van der Waals surface area contributed by atoms with Crippen LogP contribution in [0, 0.1) is 6.92 Å². The molecule has 0 spiro atoms. The van der Waals surface area contributed by atoms with Gasteiger partial charge in [-0.2, -0.15) is 0 Å². The monoisotopic (exact) mass is 408 g/mol. The second-order valence-corrected chi connectivity index (χ2v) is 8.26. The van der Waals surface area contributed by atoms with Crippen molar-refractivity contribution in [3.8, 4) is 22.1 Å². The van der Waals surface area contributed by atoms with E-state index in [1.165, 1.54) is 16.9 Å². The first-order chi connectivity index (χ1) is 14.1. The minimum Gasteiger partial charge on any atom is -0.493 e. The number of amides is 1. The molecule has 1 saturated carbocycles. The van der Waals surface area contributed by atoms with Gasteiger partial charge in [-0.25, -0.2) is 4.98 Å². The second-order valence-electron chi connectivity index (χ2n) is 7.26. The van der Waals surface area contributed by atoms with Crippen molar-refractivity contribution in [2.45, 2.75) is 31.7 Å². The summed E-state index contributed by atoms with van der Waals surface area (Å²) in [5, 5.41) is 4.08. The zero-order valence-corrected chi connectivity index (χ0v) is 17.6. The van der Waals surface area contributed by atoms with E-state index in [0.29, 0.717) is 16.4 Å². The number of hydrogen-bond acceptors (Lipinski definition) is 5. The third kappa shape index (κ3) is 3.60. The molecule has 2 aromatic carbocycles. The highest BCUT2D eigenvalue weighted by molar-refractivity contribution is 7.17. The molecule has 1 N–H and O–H groups in total. The van der Waals surface area contributed by atoms with Crippen LogP contribution in [0.4, 0.5) is 0 Å². The standard InChI is InChI=1S/C23H24N2O3S/c1-15-20(21(26)25-23(12-7-13-23)17-8-5-4-6-9-17)29-22(24-15)16-10-11-18(27-2)19(14-16)28-3/h4-6,8-11,14H,7,12-13H2,1-3H3,(H,25,26). The molecule has 1 aromatic heterocycles. The molecule has 0 saturated heterocycles. The van der Waals surface area contributed by atoms with Crippen molar-refractivity contribution in [2.24, 2.45) is 0 Å². The maximum absolute atomic E-state index is 13.1. The Morgan fingerprint density at radius 2 is 1.79 bits per heavy atom. The van der Waals surface area contributed by atoms with E-state index in [4.69, 9.17) is 9.47 Å². The highest BCUT2D eigenvalue weighted by Crippen LogP contribution is 2.42. The average molecular weight is 409 g/mol. The molecule has 0 radical (unpaired) electrons. The summed E-state index contributed by atoms with van der Waals surface area (Å²) >= 11 is 1.40. The van der Waals surface area contributed by atoms with Crippen molar-refractivity contribution in [1.29, 1.82) is 0 Å². The quantitative estimate of drug-likeness (QED) is 0.627. The summed E-state index contributed by atoms with van der Waals surface area (Å²) in [5.41, 5.74) is 2.54. The first-order valence-electron chi connectivity index (χ1n) is 9.64. The highest BCUT2D eigenvalue weighted by Gasteiger charge is 2.40. The van der Waals surface area contributed by atoms with Crippen LogP contribution in [0.15, 0.2) is 48.5 Å². The minimum absolute atomic E-state index is 0.0599. The van der Waals surface area contributed by atoms with Crippen molar-refractivity contribution in [3.63, 3.8) is 0 Å². The number of carbonyl (C=O) groups excluding carboxylic acids is 1. The summed E-state index contributed by atoms with van der Waals surface area (Å²) in [6, 6.07) is 15.9. The number of aromatic nitrogens is 1. The van der Waals surface area contributed by atoms with E-state index in [0.717, 1.165) is 35.5 Å². The number of hydrogen-bond donors (Lipinski definition) is 1. The van der Waals surface area contributed by atoms with E-state index in [1.54, 1.807) is 14.2 Å². The van der Waals surface area contributed by atoms with Crippen molar-refractivity contribution in [3.05, 3.63) is 64.7 Å². The normalized spacial score (nSPS) is 14.7. The Morgan fingerprint density at radius 1 is 1.07 bits per heavy atom. The number of methoxy groups -OCH3 is 2. The van der Waals surface area contributed by atoms with Gasteiger partial charge in [-0.15, -0.1) is 11.3 Å². The van der Waals surface area contributed by atoms with Gasteiger partial charge in [-0.3, -0.25) is 4.79 Å². The number of aryl methyl sites for hydroxylation is 1. The molecular formula is C23H24N2O3S. The highest BCUT2D eigenvalue weighted by atomic mass is 32.1. The summed E-state index contributed by atoms with van der Waals surface area (Å²) < 4.78 is 10.7. The third-order valence-corrected chi connectivity index (χ3v) is 6.72. The number of nitrogens with one attached hydrogen (secondary N) is 1. The smallest absolute Gasteiger partial charge is 0.263 e. The first-order valence-corrected chi connectivity index (χ1v) is 10.5. The fraction of sp³-hybridized carbons (Fsp3) is 0.304. The molecule has 29 heavy (non-hydrogen) atoms. The van der Waals surface area contributed by atoms with Gasteiger partial charge in [0, 0.05) is 5.56 Å². The molecule has 0 bridgehead atoms. The van der Waals surface area contributed by atoms with Crippen LogP contribution in [0.5, 0.6) is 11.5 Å². The first kappa shape index (κ1) is 19.5. The molecular weight excluding hydrogens is 384 g/mol. The van der Waals surface area contributed by atoms with Gasteiger partial charge in [0.25, 0.3) is 5.91 Å². The van der Waals surface area contributed by atoms with E-state index in [9.17, 15) is 4.79 Å². The van der Waals surface area contributed by atoms with Gasteiger partial charge in [0.1, 0.15) is 9.88 Å². The molecule has 0 unspecified atom stereocenters. The second kappa shape index (κ2) is 7.87. The summed E-state index contributed by atoms with van der Waals surface area (Å²) in [7, 11) is 3.21. The molecule has 5 nitrogen and oxygen atoms in total. The lowest BCUT2D eigenvalue weighted by Gasteiger charge is -2.43. The lowest BCUT2D eigenvalue weighted by Crippen LogP contribution is -2.50. The Balaban J connectivity index is 1.60. The van der Waals surface area contributed by atoms with E-state index >= 15 is 0 Å². The van der Waals surface area contributed by atoms with Crippen LogP contribution in [0.25, 0.3) is 10.6 Å². The third-order valence-electron chi connectivity index (χ3n) is 5.52.